The van der Waals surface area contributed by atoms with Gasteiger partial charge in [-0.2, -0.15) is 0 Å². The van der Waals surface area contributed by atoms with Gasteiger partial charge in [0.2, 0.25) is 0 Å². The predicted octanol–water partition coefficient (Wildman–Crippen LogP) is 3.86. The molecule has 1 N–H and O–H groups in total. The molecule has 0 aliphatic carbocycles. The van der Waals surface area contributed by atoms with Crippen molar-refractivity contribution in [3.05, 3.63) is 70.6 Å². The van der Waals surface area contributed by atoms with Gasteiger partial charge in [-0.05, 0) is 25.5 Å². The van der Waals surface area contributed by atoms with Crippen LogP contribution in [0, 0.1) is 6.92 Å². The lowest BCUT2D eigenvalue weighted by atomic mass is 10.0. The molecule has 0 spiro atoms. The van der Waals surface area contributed by atoms with Crippen molar-refractivity contribution in [1.82, 2.24) is 14.8 Å². The summed E-state index contributed by atoms with van der Waals surface area (Å²) >= 11 is 1.43. The van der Waals surface area contributed by atoms with Gasteiger partial charge in [-0.1, -0.05) is 30.3 Å². The fourth-order valence-electron chi connectivity index (χ4n) is 4.59. The first kappa shape index (κ1) is 23.5. The largest absolute Gasteiger partial charge is 0.505 e. The highest BCUT2D eigenvalue weighted by molar-refractivity contribution is 7.15. The van der Waals surface area contributed by atoms with Gasteiger partial charge in [-0.25, -0.2) is 4.98 Å². The number of carbonyl (C=O) groups is 2. The molecule has 35 heavy (non-hydrogen) atoms. The molecular weight excluding hydrogens is 466 g/mol. The highest BCUT2D eigenvalue weighted by Crippen LogP contribution is 2.41. The molecule has 1 atom stereocenters. The summed E-state index contributed by atoms with van der Waals surface area (Å²) in [6, 6.07) is 12.3. The molecular formula is C26H27N3O5S. The number of rotatable bonds is 7. The molecule has 5 rings (SSSR count). The molecule has 8 nitrogen and oxygen atoms in total. The number of aromatic nitrogens is 1. The molecule has 182 valence electrons. The summed E-state index contributed by atoms with van der Waals surface area (Å²) in [6.07, 6.45) is 2.20. The van der Waals surface area contributed by atoms with Gasteiger partial charge in [-0.3, -0.25) is 14.5 Å². The third-order valence-electron chi connectivity index (χ3n) is 6.37. The van der Waals surface area contributed by atoms with Crippen molar-refractivity contribution in [3.63, 3.8) is 0 Å². The fraction of sp³-hybridized carbons (Fsp3) is 0.346. The van der Waals surface area contributed by atoms with Gasteiger partial charge >= 0.3 is 0 Å². The Hall–Kier alpha value is -3.27. The van der Waals surface area contributed by atoms with Crippen molar-refractivity contribution in [3.8, 4) is 10.6 Å². The number of aliphatic hydroxyl groups excluding tert-OH is 1. The van der Waals surface area contributed by atoms with Crippen LogP contribution in [0.3, 0.4) is 0 Å². The number of carbonyl (C=O) groups excluding carboxylic acids is 2. The van der Waals surface area contributed by atoms with E-state index >= 15 is 0 Å². The van der Waals surface area contributed by atoms with Crippen LogP contribution in [-0.2, 0) is 14.3 Å². The topological polar surface area (TPSA) is 96.1 Å². The number of Topliss-reactive ketones (excluding diaryl/α,β-unsaturated/α-hetero) is 1. The second kappa shape index (κ2) is 10.2. The second-order valence-electron chi connectivity index (χ2n) is 8.61. The standard InChI is InChI=1S/C26H27N3O5S/c1-17-21(27-25(35-17)18-7-3-2-4-8-18)23(30)20-22(19-9-5-14-34-19)29(26(32)24(20)31)11-6-10-28-12-15-33-16-13-28/h2-5,7-9,14,22,30H,6,10-13,15-16H2,1H3/b23-20-. The molecule has 2 saturated heterocycles. The molecule has 2 fully saturated rings. The van der Waals surface area contributed by atoms with Crippen LogP contribution < -0.4 is 0 Å². The average Bonchev–Trinajstić information content (AvgIpc) is 3.60. The van der Waals surface area contributed by atoms with Crippen molar-refractivity contribution in [1.29, 1.82) is 0 Å². The summed E-state index contributed by atoms with van der Waals surface area (Å²) < 4.78 is 11.0. The van der Waals surface area contributed by atoms with Gasteiger partial charge in [0.25, 0.3) is 11.7 Å². The number of nitrogens with zero attached hydrogens (tertiary/aromatic N) is 3. The van der Waals surface area contributed by atoms with Gasteiger partial charge in [0.05, 0.1) is 25.1 Å². The Bertz CT molecular complexity index is 1230. The summed E-state index contributed by atoms with van der Waals surface area (Å²) in [5.74, 6) is -1.18. The van der Waals surface area contributed by atoms with E-state index in [1.165, 1.54) is 22.5 Å². The molecule has 0 radical (unpaired) electrons. The maximum Gasteiger partial charge on any atom is 0.295 e. The monoisotopic (exact) mass is 493 g/mol. The lowest BCUT2D eigenvalue weighted by molar-refractivity contribution is -0.140. The van der Waals surface area contributed by atoms with E-state index in [1.807, 2.05) is 37.3 Å². The van der Waals surface area contributed by atoms with Crippen molar-refractivity contribution in [2.45, 2.75) is 19.4 Å². The highest BCUT2D eigenvalue weighted by Gasteiger charge is 2.47. The Labute approximate surface area is 207 Å². The molecule has 2 aromatic heterocycles. The number of aliphatic hydroxyl groups is 1. The molecule has 1 aromatic carbocycles. The Morgan fingerprint density at radius 2 is 1.89 bits per heavy atom. The lowest BCUT2D eigenvalue weighted by Crippen LogP contribution is -2.38. The van der Waals surface area contributed by atoms with Crippen LogP contribution in [-0.4, -0.2) is 71.0 Å². The molecule has 0 bridgehead atoms. The van der Waals surface area contributed by atoms with E-state index in [4.69, 9.17) is 9.15 Å². The van der Waals surface area contributed by atoms with Crippen LogP contribution in [0.15, 0.2) is 58.7 Å². The first-order valence-electron chi connectivity index (χ1n) is 11.7. The number of amides is 1. The normalized spacial score (nSPS) is 20.6. The van der Waals surface area contributed by atoms with Crippen LogP contribution in [0.5, 0.6) is 0 Å². The molecule has 0 saturated carbocycles. The molecule has 1 amide bonds. The first-order chi connectivity index (χ1) is 17.0. The average molecular weight is 494 g/mol. The first-order valence-corrected chi connectivity index (χ1v) is 12.5. The number of hydrogen-bond acceptors (Lipinski definition) is 8. The quantitative estimate of drug-likeness (QED) is 0.303. The summed E-state index contributed by atoms with van der Waals surface area (Å²) in [5, 5.41) is 12.1. The van der Waals surface area contributed by atoms with Crippen LogP contribution in [0.2, 0.25) is 0 Å². The maximum absolute atomic E-state index is 13.2. The van der Waals surface area contributed by atoms with Gasteiger partial charge in [0.1, 0.15) is 22.5 Å². The van der Waals surface area contributed by atoms with Crippen LogP contribution >= 0.6 is 11.3 Å². The lowest BCUT2D eigenvalue weighted by Gasteiger charge is -2.28. The SMILES string of the molecule is Cc1sc(-c2ccccc2)nc1/C(O)=C1/C(=O)C(=O)N(CCCN2CCOCC2)C1c1ccco1. The van der Waals surface area contributed by atoms with E-state index in [1.54, 1.807) is 12.1 Å². The third kappa shape index (κ3) is 4.67. The summed E-state index contributed by atoms with van der Waals surface area (Å²) in [5.41, 5.74) is 1.26. The third-order valence-corrected chi connectivity index (χ3v) is 7.39. The predicted molar refractivity (Wildman–Crippen MR) is 132 cm³/mol. The molecule has 3 aromatic rings. The molecule has 2 aliphatic heterocycles. The number of benzene rings is 1. The summed E-state index contributed by atoms with van der Waals surface area (Å²) in [4.78, 5) is 35.5. The number of ether oxygens (including phenoxy) is 1. The minimum atomic E-state index is -0.795. The smallest absolute Gasteiger partial charge is 0.295 e. The maximum atomic E-state index is 13.2. The van der Waals surface area contributed by atoms with E-state index in [9.17, 15) is 14.7 Å². The fourth-order valence-corrected chi connectivity index (χ4v) is 5.51. The molecule has 2 aliphatic rings. The van der Waals surface area contributed by atoms with Crippen LogP contribution in [0.4, 0.5) is 0 Å². The van der Waals surface area contributed by atoms with Crippen molar-refractivity contribution in [2.75, 3.05) is 39.4 Å². The van der Waals surface area contributed by atoms with E-state index in [-0.39, 0.29) is 11.3 Å². The van der Waals surface area contributed by atoms with Crippen molar-refractivity contribution >= 4 is 28.8 Å². The summed E-state index contributed by atoms with van der Waals surface area (Å²) in [7, 11) is 0. The Kier molecular flexibility index (Phi) is 6.81. The van der Waals surface area contributed by atoms with E-state index in [2.05, 4.69) is 9.88 Å². The van der Waals surface area contributed by atoms with E-state index in [0.29, 0.717) is 37.6 Å². The van der Waals surface area contributed by atoms with Gasteiger partial charge in [-0.15, -0.1) is 11.3 Å². The zero-order valence-corrected chi connectivity index (χ0v) is 20.3. The van der Waals surface area contributed by atoms with E-state index < -0.39 is 17.7 Å². The van der Waals surface area contributed by atoms with Gasteiger partial charge in [0.15, 0.2) is 5.76 Å². The van der Waals surface area contributed by atoms with Gasteiger partial charge < -0.3 is 19.2 Å². The Morgan fingerprint density at radius 1 is 1.11 bits per heavy atom. The zero-order valence-electron chi connectivity index (χ0n) is 19.5. The van der Waals surface area contributed by atoms with Gasteiger partial charge in [0, 0.05) is 36.6 Å². The molecule has 9 heteroatoms. The number of aryl methyl sites for hydroxylation is 1. The van der Waals surface area contributed by atoms with Crippen molar-refractivity contribution < 1.29 is 23.8 Å². The van der Waals surface area contributed by atoms with E-state index in [0.717, 1.165) is 35.1 Å². The number of morpholine rings is 1. The zero-order chi connectivity index (χ0) is 24.4. The van der Waals surface area contributed by atoms with Crippen molar-refractivity contribution in [2.24, 2.45) is 0 Å². The summed E-state index contributed by atoms with van der Waals surface area (Å²) in [6.45, 7) is 6.13. The number of likely N-dealkylation sites (tertiary alicyclic amines) is 1. The number of thiazole rings is 1. The highest BCUT2D eigenvalue weighted by atomic mass is 32.1. The molecule has 4 heterocycles. The number of ketones is 1. The second-order valence-corrected chi connectivity index (χ2v) is 9.81. The Morgan fingerprint density at radius 3 is 2.60 bits per heavy atom. The number of furan rings is 1. The minimum Gasteiger partial charge on any atom is -0.505 e. The Balaban J connectivity index is 1.47. The minimum absolute atomic E-state index is 0.0179. The number of hydrogen-bond donors (Lipinski definition) is 1. The molecule has 1 unspecified atom stereocenters. The van der Waals surface area contributed by atoms with Crippen LogP contribution in [0.1, 0.15) is 28.8 Å². The van der Waals surface area contributed by atoms with Crippen LogP contribution in [0.25, 0.3) is 16.3 Å².